The van der Waals surface area contributed by atoms with Crippen LogP contribution in [0.15, 0.2) is 78.9 Å². The van der Waals surface area contributed by atoms with E-state index in [2.05, 4.69) is 15.1 Å². The molecule has 0 bridgehead atoms. The fourth-order valence-corrected chi connectivity index (χ4v) is 7.06. The lowest BCUT2D eigenvalue weighted by Gasteiger charge is -2.33. The number of rotatable bonds is 11. The molecule has 0 unspecified atom stereocenters. The van der Waals surface area contributed by atoms with Crippen LogP contribution < -0.4 is 5.32 Å². The molecule has 246 valence electrons. The van der Waals surface area contributed by atoms with Gasteiger partial charge in [0, 0.05) is 77.1 Å². The highest BCUT2D eigenvalue weighted by molar-refractivity contribution is 7.89. The van der Waals surface area contributed by atoms with Crippen molar-refractivity contribution >= 4 is 27.7 Å². The van der Waals surface area contributed by atoms with Crippen LogP contribution in [0.25, 0.3) is 11.1 Å². The number of anilines is 1. The number of benzene rings is 3. The normalized spacial score (nSPS) is 17.0. The summed E-state index contributed by atoms with van der Waals surface area (Å²) in [4.78, 5) is 32.1. The summed E-state index contributed by atoms with van der Waals surface area (Å²) in [5.41, 5.74) is 4.45. The fourth-order valence-electron chi connectivity index (χ4n) is 5.98. The van der Waals surface area contributed by atoms with E-state index in [9.17, 15) is 18.0 Å². The second-order valence-corrected chi connectivity index (χ2v) is 14.2. The van der Waals surface area contributed by atoms with Gasteiger partial charge in [-0.15, -0.1) is 0 Å². The van der Waals surface area contributed by atoms with Gasteiger partial charge in [0.1, 0.15) is 6.10 Å². The molecule has 2 fully saturated rings. The number of hydrogen-bond acceptors (Lipinski definition) is 7. The topological polar surface area (TPSA) is 102 Å². The first-order valence-corrected chi connectivity index (χ1v) is 17.7. The highest BCUT2D eigenvalue weighted by Crippen LogP contribution is 2.28. The Balaban J connectivity index is 1.01. The molecule has 11 heteroatoms. The minimum absolute atomic E-state index is 0.0180. The van der Waals surface area contributed by atoms with Crippen LogP contribution in [0.4, 0.5) is 10.5 Å². The Morgan fingerprint density at radius 1 is 0.848 bits per heavy atom. The molecule has 2 amide bonds. The van der Waals surface area contributed by atoms with E-state index in [0.717, 1.165) is 61.4 Å². The van der Waals surface area contributed by atoms with Gasteiger partial charge in [-0.3, -0.25) is 15.0 Å². The maximum Gasteiger partial charge on any atom is 0.411 e. The van der Waals surface area contributed by atoms with Crippen LogP contribution in [0.1, 0.15) is 35.7 Å². The first kappa shape index (κ1) is 33.6. The summed E-state index contributed by atoms with van der Waals surface area (Å²) >= 11 is 0. The number of sulfonamides is 1. The van der Waals surface area contributed by atoms with E-state index >= 15 is 0 Å². The van der Waals surface area contributed by atoms with E-state index in [1.807, 2.05) is 85.9 Å². The van der Waals surface area contributed by atoms with Gasteiger partial charge in [-0.25, -0.2) is 13.2 Å². The number of carbonyl (C=O) groups excluding carboxylic acids is 2. The molecule has 3 aromatic carbocycles. The van der Waals surface area contributed by atoms with Crippen LogP contribution in [-0.4, -0.2) is 111 Å². The van der Waals surface area contributed by atoms with Crippen LogP contribution in [0.3, 0.4) is 0 Å². The molecule has 5 rings (SSSR count). The molecular weight excluding hydrogens is 602 g/mol. The zero-order valence-electron chi connectivity index (χ0n) is 26.8. The molecule has 2 aliphatic rings. The summed E-state index contributed by atoms with van der Waals surface area (Å²) in [5, 5.41) is 2.92. The molecule has 46 heavy (non-hydrogen) atoms. The van der Waals surface area contributed by atoms with Crippen LogP contribution in [0.2, 0.25) is 0 Å². The Kier molecular flexibility index (Phi) is 11.5. The van der Waals surface area contributed by atoms with Gasteiger partial charge in [-0.2, -0.15) is 4.31 Å². The Hall–Kier alpha value is -3.77. The quantitative estimate of drug-likeness (QED) is 0.325. The van der Waals surface area contributed by atoms with Crippen molar-refractivity contribution in [1.29, 1.82) is 0 Å². The number of likely N-dealkylation sites (tertiary alicyclic amines) is 1. The molecule has 0 spiro atoms. The van der Waals surface area contributed by atoms with Crippen molar-refractivity contribution in [2.24, 2.45) is 0 Å². The number of ether oxygens (including phenoxy) is 1. The molecular formula is C35H45N5O5S. The molecule has 3 aromatic rings. The summed E-state index contributed by atoms with van der Waals surface area (Å²) in [7, 11) is -1.31. The van der Waals surface area contributed by atoms with E-state index in [0.29, 0.717) is 38.3 Å². The lowest BCUT2D eigenvalue weighted by Crippen LogP contribution is -2.48. The Morgan fingerprint density at radius 2 is 1.50 bits per heavy atom. The van der Waals surface area contributed by atoms with Gasteiger partial charge >= 0.3 is 6.09 Å². The Morgan fingerprint density at radius 3 is 2.17 bits per heavy atom. The number of piperidine rings is 1. The van der Waals surface area contributed by atoms with E-state index < -0.39 is 16.1 Å². The molecule has 0 saturated carbocycles. The zero-order chi connectivity index (χ0) is 32.5. The molecule has 0 aliphatic carbocycles. The van der Waals surface area contributed by atoms with E-state index in [-0.39, 0.29) is 17.8 Å². The number of piperazine rings is 1. The number of amides is 2. The molecule has 1 N–H and O–H groups in total. The third kappa shape index (κ3) is 8.94. The minimum Gasteiger partial charge on any atom is -0.446 e. The van der Waals surface area contributed by atoms with Crippen LogP contribution in [0, 0.1) is 0 Å². The lowest BCUT2D eigenvalue weighted by molar-refractivity contribution is 0.0540. The highest BCUT2D eigenvalue weighted by atomic mass is 32.2. The molecule has 10 nitrogen and oxygen atoms in total. The minimum atomic E-state index is -3.14. The van der Waals surface area contributed by atoms with Crippen molar-refractivity contribution in [2.45, 2.75) is 32.4 Å². The third-order valence-corrected chi connectivity index (χ3v) is 10.7. The first-order chi connectivity index (χ1) is 22.2. The van der Waals surface area contributed by atoms with Gasteiger partial charge in [0.25, 0.3) is 5.91 Å². The van der Waals surface area contributed by atoms with Crippen molar-refractivity contribution in [3.8, 4) is 11.1 Å². The second-order valence-electron chi connectivity index (χ2n) is 12.0. The van der Waals surface area contributed by atoms with Crippen molar-refractivity contribution in [3.05, 3.63) is 90.0 Å². The maximum atomic E-state index is 13.1. The van der Waals surface area contributed by atoms with Crippen molar-refractivity contribution in [3.63, 3.8) is 0 Å². The predicted octanol–water partition coefficient (Wildman–Crippen LogP) is 4.61. The Labute approximate surface area is 273 Å². The highest BCUT2D eigenvalue weighted by Gasteiger charge is 2.26. The molecule has 2 aliphatic heterocycles. The van der Waals surface area contributed by atoms with Crippen LogP contribution >= 0.6 is 0 Å². The largest absolute Gasteiger partial charge is 0.446 e. The summed E-state index contributed by atoms with van der Waals surface area (Å²) in [5.74, 6) is 0.118. The predicted molar refractivity (Wildman–Crippen MR) is 181 cm³/mol. The van der Waals surface area contributed by atoms with Crippen LogP contribution in [-0.2, 0) is 21.3 Å². The first-order valence-electron chi connectivity index (χ1n) is 16.1. The fraction of sp³-hybridized carbons (Fsp3) is 0.429. The summed E-state index contributed by atoms with van der Waals surface area (Å²) in [6.07, 6.45) is 0.904. The maximum absolute atomic E-state index is 13.1. The van der Waals surface area contributed by atoms with Crippen molar-refractivity contribution in [2.75, 3.05) is 70.5 Å². The van der Waals surface area contributed by atoms with E-state index in [4.69, 9.17) is 4.74 Å². The van der Waals surface area contributed by atoms with Gasteiger partial charge in [0.2, 0.25) is 10.0 Å². The molecule has 0 radical (unpaired) electrons. The van der Waals surface area contributed by atoms with Gasteiger partial charge < -0.3 is 14.5 Å². The second kappa shape index (κ2) is 15.7. The summed E-state index contributed by atoms with van der Waals surface area (Å²) in [6.45, 7) is 7.79. The number of para-hydroxylation sites is 1. The molecule has 0 atom stereocenters. The standard InChI is InChI=1S/C35H45N5O5S/c1-3-46(43,44)40-25-23-39(24-26-40)27-28-13-15-30(16-14-28)34(41)37(2)21-22-38-19-17-31(18-20-38)45-35(42)36-33-12-8-7-11-32(33)29-9-5-4-6-10-29/h4-16,31H,3,17-27H2,1-2H3,(H,36,42). The smallest absolute Gasteiger partial charge is 0.411 e. The van der Waals surface area contributed by atoms with Crippen molar-refractivity contribution in [1.82, 2.24) is 19.0 Å². The summed E-state index contributed by atoms with van der Waals surface area (Å²) < 4.78 is 31.6. The van der Waals surface area contributed by atoms with Gasteiger partial charge in [0.05, 0.1) is 11.4 Å². The van der Waals surface area contributed by atoms with E-state index in [1.54, 1.807) is 16.1 Å². The van der Waals surface area contributed by atoms with Gasteiger partial charge in [0.15, 0.2) is 0 Å². The van der Waals surface area contributed by atoms with Crippen molar-refractivity contribution < 1.29 is 22.7 Å². The number of nitrogens with one attached hydrogen (secondary N) is 1. The number of hydrogen-bond donors (Lipinski definition) is 1. The average molecular weight is 648 g/mol. The lowest BCUT2D eigenvalue weighted by atomic mass is 10.0. The Bertz CT molecular complexity index is 1550. The number of likely N-dealkylation sites (N-methyl/N-ethyl adjacent to an activating group) is 1. The monoisotopic (exact) mass is 647 g/mol. The molecule has 2 saturated heterocycles. The molecule has 2 heterocycles. The summed E-state index contributed by atoms with van der Waals surface area (Å²) in [6, 6.07) is 25.4. The average Bonchev–Trinajstić information content (AvgIpc) is 3.08. The SMILES string of the molecule is CCS(=O)(=O)N1CCN(Cc2ccc(C(=O)N(C)CCN3CCC(OC(=O)Nc4ccccc4-c4ccccc4)CC3)cc2)CC1. The third-order valence-electron chi connectivity index (χ3n) is 8.85. The zero-order valence-corrected chi connectivity index (χ0v) is 27.6. The van der Waals surface area contributed by atoms with Gasteiger partial charge in [-0.1, -0.05) is 60.7 Å². The van der Waals surface area contributed by atoms with Gasteiger partial charge in [-0.05, 0) is 49.1 Å². The number of nitrogens with zero attached hydrogens (tertiary/aromatic N) is 4. The molecule has 0 aromatic heterocycles. The van der Waals surface area contributed by atoms with E-state index in [1.165, 1.54) is 0 Å². The van der Waals surface area contributed by atoms with Crippen LogP contribution in [0.5, 0.6) is 0 Å². The number of carbonyl (C=O) groups is 2.